The van der Waals surface area contributed by atoms with E-state index in [1.165, 1.54) is 25.1 Å². The average Bonchev–Trinajstić information content (AvgIpc) is 2.22. The number of likely N-dealkylation sites (tertiary alicyclic amines) is 1. The molecule has 2 rings (SSSR count). The van der Waals surface area contributed by atoms with Gasteiger partial charge >= 0.3 is 0 Å². The second-order valence-electron chi connectivity index (χ2n) is 4.25. The van der Waals surface area contributed by atoms with Crippen LogP contribution in [0.5, 0.6) is 0 Å². The first-order valence-electron chi connectivity index (χ1n) is 5.45. The molecule has 82 valence electrons. The van der Waals surface area contributed by atoms with Gasteiger partial charge in [-0.05, 0) is 50.7 Å². The Morgan fingerprint density at radius 2 is 2.07 bits per heavy atom. The molecule has 0 spiro atoms. The van der Waals surface area contributed by atoms with Gasteiger partial charge in [0.1, 0.15) is 0 Å². The number of hydrogen-bond acceptors (Lipinski definition) is 2. The Bertz CT molecular complexity index is 310. The van der Waals surface area contributed by atoms with Crippen molar-refractivity contribution in [1.29, 1.82) is 0 Å². The van der Waals surface area contributed by atoms with Crippen LogP contribution in [0.4, 0.5) is 5.69 Å². The molecule has 0 unspecified atom stereocenters. The summed E-state index contributed by atoms with van der Waals surface area (Å²) in [6.07, 6.45) is 2.57. The summed E-state index contributed by atoms with van der Waals surface area (Å²) in [6.45, 7) is 2.38. The first kappa shape index (κ1) is 11.0. The lowest BCUT2D eigenvalue weighted by Gasteiger charge is -2.30. The third-order valence-electron chi connectivity index (χ3n) is 2.84. The van der Waals surface area contributed by atoms with Gasteiger partial charge < -0.3 is 10.2 Å². The number of piperidine rings is 1. The highest BCUT2D eigenvalue weighted by atomic mass is 79.9. The van der Waals surface area contributed by atoms with E-state index >= 15 is 0 Å². The van der Waals surface area contributed by atoms with Gasteiger partial charge in [0.15, 0.2) is 0 Å². The monoisotopic (exact) mass is 268 g/mol. The lowest BCUT2D eigenvalue weighted by Crippen LogP contribution is -2.39. The minimum absolute atomic E-state index is 0.602. The van der Waals surface area contributed by atoms with Gasteiger partial charge in [-0.2, -0.15) is 0 Å². The van der Waals surface area contributed by atoms with Crippen molar-refractivity contribution in [2.75, 3.05) is 25.5 Å². The maximum Gasteiger partial charge on any atom is 0.0388 e. The minimum atomic E-state index is 0.602. The highest BCUT2D eigenvalue weighted by Gasteiger charge is 2.16. The molecule has 1 heterocycles. The Labute approximate surface area is 99.8 Å². The van der Waals surface area contributed by atoms with E-state index in [2.05, 4.69) is 57.5 Å². The molecule has 1 aliphatic rings. The Balaban J connectivity index is 1.93. The molecule has 1 aromatic rings. The van der Waals surface area contributed by atoms with Crippen LogP contribution < -0.4 is 5.32 Å². The molecular formula is C12H17BrN2. The number of nitrogens with zero attached hydrogens (tertiary/aromatic N) is 1. The third kappa shape index (κ3) is 3.21. The fourth-order valence-electron chi connectivity index (χ4n) is 2.07. The van der Waals surface area contributed by atoms with Crippen molar-refractivity contribution >= 4 is 21.6 Å². The highest BCUT2D eigenvalue weighted by molar-refractivity contribution is 9.10. The Kier molecular flexibility index (Phi) is 3.65. The fraction of sp³-hybridized carbons (Fsp3) is 0.500. The number of anilines is 1. The number of rotatable bonds is 2. The zero-order chi connectivity index (χ0) is 10.7. The molecule has 0 bridgehead atoms. The van der Waals surface area contributed by atoms with E-state index in [0.717, 1.165) is 11.0 Å². The van der Waals surface area contributed by atoms with Crippen LogP contribution in [-0.2, 0) is 0 Å². The Hall–Kier alpha value is -0.540. The van der Waals surface area contributed by atoms with Crippen LogP contribution in [0.3, 0.4) is 0 Å². The van der Waals surface area contributed by atoms with Gasteiger partial charge in [0.2, 0.25) is 0 Å². The SMILES string of the molecule is CN1CCC[C@@H](Nc2ccc(Br)cc2)C1. The first-order chi connectivity index (χ1) is 7.24. The number of hydrogen-bond donors (Lipinski definition) is 1. The standard InChI is InChI=1S/C12H17BrN2/c1-15-8-2-3-12(9-15)14-11-6-4-10(13)5-7-11/h4-7,12,14H,2-3,8-9H2,1H3/t12-/m1/s1. The molecule has 15 heavy (non-hydrogen) atoms. The molecule has 1 aromatic carbocycles. The molecule has 0 aromatic heterocycles. The van der Waals surface area contributed by atoms with Crippen LogP contribution >= 0.6 is 15.9 Å². The van der Waals surface area contributed by atoms with Crippen molar-refractivity contribution in [1.82, 2.24) is 4.90 Å². The summed E-state index contributed by atoms with van der Waals surface area (Å²) >= 11 is 3.44. The molecule has 1 fully saturated rings. The smallest absolute Gasteiger partial charge is 0.0388 e. The molecule has 1 aliphatic heterocycles. The van der Waals surface area contributed by atoms with E-state index in [1.807, 2.05) is 0 Å². The molecule has 3 heteroatoms. The summed E-state index contributed by atoms with van der Waals surface area (Å²) in [7, 11) is 2.19. The summed E-state index contributed by atoms with van der Waals surface area (Å²) < 4.78 is 1.13. The summed E-state index contributed by atoms with van der Waals surface area (Å²) in [6, 6.07) is 9.01. The van der Waals surface area contributed by atoms with Gasteiger partial charge in [-0.25, -0.2) is 0 Å². The maximum atomic E-state index is 3.58. The summed E-state index contributed by atoms with van der Waals surface area (Å²) in [5.74, 6) is 0. The van der Waals surface area contributed by atoms with E-state index in [1.54, 1.807) is 0 Å². The van der Waals surface area contributed by atoms with Crippen molar-refractivity contribution in [2.45, 2.75) is 18.9 Å². The van der Waals surface area contributed by atoms with Crippen LogP contribution in [0, 0.1) is 0 Å². The van der Waals surface area contributed by atoms with Crippen LogP contribution in [-0.4, -0.2) is 31.1 Å². The maximum absolute atomic E-state index is 3.58. The largest absolute Gasteiger partial charge is 0.381 e. The van der Waals surface area contributed by atoms with E-state index < -0.39 is 0 Å². The van der Waals surface area contributed by atoms with Crippen molar-refractivity contribution in [3.05, 3.63) is 28.7 Å². The predicted octanol–water partition coefficient (Wildman–Crippen LogP) is 2.96. The van der Waals surface area contributed by atoms with Crippen LogP contribution in [0.15, 0.2) is 28.7 Å². The number of nitrogens with one attached hydrogen (secondary N) is 1. The van der Waals surface area contributed by atoms with E-state index in [4.69, 9.17) is 0 Å². The van der Waals surface area contributed by atoms with Crippen LogP contribution in [0.25, 0.3) is 0 Å². The molecule has 0 aliphatic carbocycles. The van der Waals surface area contributed by atoms with Gasteiger partial charge in [-0.15, -0.1) is 0 Å². The second-order valence-corrected chi connectivity index (χ2v) is 5.17. The Morgan fingerprint density at radius 3 is 2.73 bits per heavy atom. The molecule has 1 atom stereocenters. The molecule has 2 nitrogen and oxygen atoms in total. The number of halogens is 1. The number of benzene rings is 1. The van der Waals surface area contributed by atoms with Crippen LogP contribution in [0.2, 0.25) is 0 Å². The van der Waals surface area contributed by atoms with Gasteiger partial charge in [-0.3, -0.25) is 0 Å². The molecule has 0 radical (unpaired) electrons. The van der Waals surface area contributed by atoms with E-state index in [0.29, 0.717) is 6.04 Å². The summed E-state index contributed by atoms with van der Waals surface area (Å²) in [5.41, 5.74) is 1.22. The average molecular weight is 269 g/mol. The summed E-state index contributed by atoms with van der Waals surface area (Å²) in [5, 5.41) is 3.58. The van der Waals surface area contributed by atoms with E-state index in [-0.39, 0.29) is 0 Å². The number of likely N-dealkylation sites (N-methyl/N-ethyl adjacent to an activating group) is 1. The molecular weight excluding hydrogens is 252 g/mol. The molecule has 1 saturated heterocycles. The minimum Gasteiger partial charge on any atom is -0.381 e. The first-order valence-corrected chi connectivity index (χ1v) is 6.24. The van der Waals surface area contributed by atoms with Gasteiger partial charge in [0, 0.05) is 22.7 Å². The highest BCUT2D eigenvalue weighted by Crippen LogP contribution is 2.17. The van der Waals surface area contributed by atoms with Crippen molar-refractivity contribution in [2.24, 2.45) is 0 Å². The van der Waals surface area contributed by atoms with E-state index in [9.17, 15) is 0 Å². The molecule has 0 saturated carbocycles. The van der Waals surface area contributed by atoms with Gasteiger partial charge in [0.25, 0.3) is 0 Å². The second kappa shape index (κ2) is 4.99. The fourth-order valence-corrected chi connectivity index (χ4v) is 2.33. The third-order valence-corrected chi connectivity index (χ3v) is 3.37. The topological polar surface area (TPSA) is 15.3 Å². The normalized spacial score (nSPS) is 22.7. The van der Waals surface area contributed by atoms with Gasteiger partial charge in [-0.1, -0.05) is 15.9 Å². The van der Waals surface area contributed by atoms with Crippen molar-refractivity contribution in [3.63, 3.8) is 0 Å². The van der Waals surface area contributed by atoms with Crippen LogP contribution in [0.1, 0.15) is 12.8 Å². The lowest BCUT2D eigenvalue weighted by molar-refractivity contribution is 0.261. The zero-order valence-electron chi connectivity index (χ0n) is 9.04. The van der Waals surface area contributed by atoms with Gasteiger partial charge in [0.05, 0.1) is 0 Å². The zero-order valence-corrected chi connectivity index (χ0v) is 10.6. The van der Waals surface area contributed by atoms with Crippen molar-refractivity contribution < 1.29 is 0 Å². The van der Waals surface area contributed by atoms with Crippen molar-refractivity contribution in [3.8, 4) is 0 Å². The summed E-state index contributed by atoms with van der Waals surface area (Å²) in [4.78, 5) is 2.39. The predicted molar refractivity (Wildman–Crippen MR) is 68.3 cm³/mol. The Morgan fingerprint density at radius 1 is 1.33 bits per heavy atom. The molecule has 0 amide bonds. The lowest BCUT2D eigenvalue weighted by atomic mass is 10.1. The quantitative estimate of drug-likeness (QED) is 0.888. The molecule has 1 N–H and O–H groups in total.